The van der Waals surface area contributed by atoms with E-state index in [0.29, 0.717) is 24.4 Å². The summed E-state index contributed by atoms with van der Waals surface area (Å²) < 4.78 is 21.7. The van der Waals surface area contributed by atoms with Gasteiger partial charge in [-0.15, -0.1) is 0 Å². The van der Waals surface area contributed by atoms with E-state index in [1.165, 1.54) is 21.2 Å². The van der Waals surface area contributed by atoms with Gasteiger partial charge in [0.2, 0.25) is 0 Å². The van der Waals surface area contributed by atoms with Gasteiger partial charge in [0.25, 0.3) is 0 Å². The Morgan fingerprint density at radius 3 is 1.10 bits per heavy atom. The fourth-order valence-electron chi connectivity index (χ4n) is 3.83. The molecule has 0 saturated carbocycles. The molecule has 0 aliphatic carbocycles. The van der Waals surface area contributed by atoms with Crippen molar-refractivity contribution in [3.05, 3.63) is 48.5 Å². The molecular formula is C24H28N2O4S. The molecule has 0 N–H and O–H groups in total. The largest absolute Gasteiger partial charge is 0.371 e. The van der Waals surface area contributed by atoms with Crippen molar-refractivity contribution in [2.45, 2.75) is 34.2 Å². The summed E-state index contributed by atoms with van der Waals surface area (Å²) in [5, 5.41) is 0. The lowest BCUT2D eigenvalue weighted by Gasteiger charge is -2.24. The Morgan fingerprint density at radius 1 is 0.548 bits per heavy atom. The van der Waals surface area contributed by atoms with Crippen LogP contribution in [0.25, 0.3) is 0 Å². The molecule has 0 bridgehead atoms. The normalized spacial score (nSPS) is 27.6. The third kappa shape index (κ3) is 5.73. The summed E-state index contributed by atoms with van der Waals surface area (Å²) in [4.78, 5) is 7.27. The van der Waals surface area contributed by atoms with Crippen molar-refractivity contribution in [2.75, 3.05) is 62.4 Å². The molecule has 0 aromatic heterocycles. The van der Waals surface area contributed by atoms with Crippen LogP contribution in [0.1, 0.15) is 0 Å². The second-order valence-corrected chi connectivity index (χ2v) is 9.87. The summed E-state index contributed by atoms with van der Waals surface area (Å²) in [6.45, 7) is 7.30. The molecule has 4 aliphatic heterocycles. The van der Waals surface area contributed by atoms with Gasteiger partial charge >= 0.3 is 0 Å². The fraction of sp³-hybridized carbons (Fsp3) is 0.500. The highest BCUT2D eigenvalue weighted by Gasteiger charge is 2.32. The van der Waals surface area contributed by atoms with Crippen LogP contribution in [-0.2, 0) is 18.9 Å². The van der Waals surface area contributed by atoms with Gasteiger partial charge in [0.05, 0.1) is 50.8 Å². The van der Waals surface area contributed by atoms with Gasteiger partial charge in [-0.25, -0.2) is 0 Å². The predicted octanol–water partition coefficient (Wildman–Crippen LogP) is 3.05. The first-order valence-electron chi connectivity index (χ1n) is 11.1. The second kappa shape index (κ2) is 8.64. The average molecular weight is 441 g/mol. The lowest BCUT2D eigenvalue weighted by atomic mass is 10.2. The number of ether oxygens (including phenoxy) is 4. The van der Waals surface area contributed by atoms with E-state index in [1.54, 1.807) is 11.8 Å². The molecule has 4 saturated heterocycles. The highest BCUT2D eigenvalue weighted by atomic mass is 32.2. The smallest absolute Gasteiger partial charge is 0.0984 e. The van der Waals surface area contributed by atoms with Crippen molar-refractivity contribution in [3.8, 4) is 0 Å². The van der Waals surface area contributed by atoms with E-state index in [1.807, 2.05) is 0 Å². The molecule has 6 rings (SSSR count). The first-order chi connectivity index (χ1) is 15.3. The molecule has 0 spiro atoms. The zero-order valence-corrected chi connectivity index (χ0v) is 18.3. The molecule has 4 unspecified atom stereocenters. The van der Waals surface area contributed by atoms with Gasteiger partial charge < -0.3 is 28.7 Å². The summed E-state index contributed by atoms with van der Waals surface area (Å²) in [5.41, 5.74) is 2.48. The SMILES string of the molecule is c1cc(N(CC2CO2)CC2CO2)ccc1Sc1ccc(N(CC2CO2)CC2CO2)cc1. The highest BCUT2D eigenvalue weighted by molar-refractivity contribution is 7.99. The molecule has 31 heavy (non-hydrogen) atoms. The maximum Gasteiger partial charge on any atom is 0.0984 e. The minimum Gasteiger partial charge on any atom is -0.371 e. The highest BCUT2D eigenvalue weighted by Crippen LogP contribution is 2.32. The van der Waals surface area contributed by atoms with Crippen LogP contribution in [0.5, 0.6) is 0 Å². The lowest BCUT2D eigenvalue weighted by molar-refractivity contribution is 0.388. The zero-order valence-electron chi connectivity index (χ0n) is 17.5. The monoisotopic (exact) mass is 440 g/mol. The average Bonchev–Trinajstić information content (AvgIpc) is 3.63. The van der Waals surface area contributed by atoms with Crippen LogP contribution in [0.2, 0.25) is 0 Å². The topological polar surface area (TPSA) is 56.6 Å². The van der Waals surface area contributed by atoms with Crippen molar-refractivity contribution in [2.24, 2.45) is 0 Å². The number of epoxide rings is 4. The van der Waals surface area contributed by atoms with Crippen molar-refractivity contribution >= 4 is 23.1 Å². The molecule has 0 radical (unpaired) electrons. The number of rotatable bonds is 12. The van der Waals surface area contributed by atoms with E-state index in [9.17, 15) is 0 Å². The summed E-state index contributed by atoms with van der Waals surface area (Å²) in [6, 6.07) is 17.7. The molecule has 4 aliphatic rings. The Balaban J connectivity index is 1.08. The van der Waals surface area contributed by atoms with E-state index < -0.39 is 0 Å². The van der Waals surface area contributed by atoms with Crippen LogP contribution in [-0.4, -0.2) is 77.0 Å². The Morgan fingerprint density at radius 2 is 0.839 bits per heavy atom. The first-order valence-corrected chi connectivity index (χ1v) is 11.9. The van der Waals surface area contributed by atoms with Gasteiger partial charge in [-0.05, 0) is 48.5 Å². The Labute approximate surface area is 187 Å². The van der Waals surface area contributed by atoms with Gasteiger partial charge in [0.1, 0.15) is 0 Å². The molecule has 2 aromatic carbocycles. The van der Waals surface area contributed by atoms with E-state index in [0.717, 1.165) is 52.6 Å². The van der Waals surface area contributed by atoms with Gasteiger partial charge in [-0.3, -0.25) is 0 Å². The summed E-state index contributed by atoms with van der Waals surface area (Å²) in [5.74, 6) is 0. The number of nitrogens with zero attached hydrogens (tertiary/aromatic N) is 2. The summed E-state index contributed by atoms with van der Waals surface area (Å²) in [7, 11) is 0. The van der Waals surface area contributed by atoms with E-state index in [2.05, 4.69) is 58.3 Å². The van der Waals surface area contributed by atoms with Gasteiger partial charge in [-0.1, -0.05) is 11.8 Å². The Kier molecular flexibility index (Phi) is 5.54. The number of hydrogen-bond acceptors (Lipinski definition) is 7. The molecule has 7 heteroatoms. The molecule has 0 amide bonds. The van der Waals surface area contributed by atoms with Gasteiger partial charge in [0, 0.05) is 47.3 Å². The molecule has 6 nitrogen and oxygen atoms in total. The minimum absolute atomic E-state index is 0.379. The van der Waals surface area contributed by atoms with Crippen LogP contribution in [0, 0.1) is 0 Å². The van der Waals surface area contributed by atoms with E-state index in [4.69, 9.17) is 18.9 Å². The van der Waals surface area contributed by atoms with Crippen LogP contribution in [0.15, 0.2) is 58.3 Å². The van der Waals surface area contributed by atoms with Gasteiger partial charge in [-0.2, -0.15) is 0 Å². The van der Waals surface area contributed by atoms with E-state index >= 15 is 0 Å². The van der Waals surface area contributed by atoms with Crippen molar-refractivity contribution in [1.82, 2.24) is 0 Å². The molecule has 164 valence electrons. The zero-order chi connectivity index (χ0) is 20.6. The molecule has 2 aromatic rings. The van der Waals surface area contributed by atoms with Crippen LogP contribution >= 0.6 is 11.8 Å². The van der Waals surface area contributed by atoms with Crippen molar-refractivity contribution in [1.29, 1.82) is 0 Å². The molecule has 4 fully saturated rings. The van der Waals surface area contributed by atoms with Crippen molar-refractivity contribution < 1.29 is 18.9 Å². The Hall–Kier alpha value is -1.77. The van der Waals surface area contributed by atoms with Crippen LogP contribution in [0.3, 0.4) is 0 Å². The predicted molar refractivity (Wildman–Crippen MR) is 120 cm³/mol. The summed E-state index contributed by atoms with van der Waals surface area (Å²) in [6.07, 6.45) is 1.51. The second-order valence-electron chi connectivity index (χ2n) is 8.72. The maximum atomic E-state index is 5.44. The van der Waals surface area contributed by atoms with Crippen molar-refractivity contribution in [3.63, 3.8) is 0 Å². The molecule has 4 heterocycles. The maximum absolute atomic E-state index is 5.44. The minimum atomic E-state index is 0.379. The quantitative estimate of drug-likeness (QED) is 0.470. The van der Waals surface area contributed by atoms with Gasteiger partial charge in [0.15, 0.2) is 0 Å². The molecular weight excluding hydrogens is 412 g/mol. The fourth-order valence-corrected chi connectivity index (χ4v) is 4.65. The third-order valence-electron chi connectivity index (χ3n) is 5.95. The summed E-state index contributed by atoms with van der Waals surface area (Å²) >= 11 is 1.80. The van der Waals surface area contributed by atoms with Crippen LogP contribution < -0.4 is 9.80 Å². The molecule has 4 atom stereocenters. The number of anilines is 2. The Bertz CT molecular complexity index is 776. The number of hydrogen-bond donors (Lipinski definition) is 0. The van der Waals surface area contributed by atoms with Crippen LogP contribution in [0.4, 0.5) is 11.4 Å². The standard InChI is InChI=1S/C24H28N2O4S/c1-5-23(6-2-17(1)25(9-19-13-27-19)10-20-14-28-20)31-24-7-3-18(4-8-24)26(11-21-15-29-21)12-22-16-30-22/h1-8,19-22H,9-16H2. The number of benzene rings is 2. The van der Waals surface area contributed by atoms with E-state index in [-0.39, 0.29) is 0 Å². The lowest BCUT2D eigenvalue weighted by Crippen LogP contribution is -2.31. The third-order valence-corrected chi connectivity index (χ3v) is 6.96. The first kappa shape index (κ1) is 19.9.